The molecule has 2 rings (SSSR count). The number of hydrogen-bond acceptors (Lipinski definition) is 4. The maximum Gasteiger partial charge on any atom is 0.191 e. The highest BCUT2D eigenvalue weighted by molar-refractivity contribution is 7.99. The summed E-state index contributed by atoms with van der Waals surface area (Å²) in [5.74, 6) is 2.87. The Balaban J connectivity index is 2.02. The van der Waals surface area contributed by atoms with Crippen molar-refractivity contribution in [3.8, 4) is 0 Å². The van der Waals surface area contributed by atoms with Gasteiger partial charge in [-0.15, -0.1) is 10.2 Å². The number of aromatic nitrogens is 3. The number of thioether (sulfide) groups is 1. The number of rotatable bonds is 7. The third kappa shape index (κ3) is 3.01. The Morgan fingerprint density at radius 1 is 1.35 bits per heavy atom. The summed E-state index contributed by atoms with van der Waals surface area (Å²) in [5.41, 5.74) is 5.71. The molecule has 1 heterocycles. The molecule has 0 spiro atoms. The van der Waals surface area contributed by atoms with E-state index in [-0.39, 0.29) is 0 Å². The molecule has 0 amide bonds. The second-order valence-corrected chi connectivity index (χ2v) is 5.68. The fourth-order valence-corrected chi connectivity index (χ4v) is 3.31. The first kappa shape index (κ1) is 12.9. The average molecular weight is 254 g/mol. The highest BCUT2D eigenvalue weighted by Gasteiger charge is 2.29. The van der Waals surface area contributed by atoms with Crippen molar-refractivity contribution in [2.24, 2.45) is 11.7 Å². The Bertz CT molecular complexity index is 355. The first-order valence-electron chi connectivity index (χ1n) is 6.56. The molecule has 96 valence electrons. The maximum absolute atomic E-state index is 5.71. The van der Waals surface area contributed by atoms with Gasteiger partial charge in [0, 0.05) is 11.8 Å². The quantitative estimate of drug-likeness (QED) is 0.760. The summed E-state index contributed by atoms with van der Waals surface area (Å²) >= 11 is 1.84. The van der Waals surface area contributed by atoms with Crippen LogP contribution in [0.15, 0.2) is 5.16 Å². The molecule has 17 heavy (non-hydrogen) atoms. The lowest BCUT2D eigenvalue weighted by atomic mass is 10.1. The van der Waals surface area contributed by atoms with Crippen molar-refractivity contribution in [1.29, 1.82) is 0 Å². The molecule has 0 atom stereocenters. The van der Waals surface area contributed by atoms with E-state index in [2.05, 4.69) is 28.6 Å². The summed E-state index contributed by atoms with van der Waals surface area (Å²) in [6.45, 7) is 5.01. The lowest BCUT2D eigenvalue weighted by Gasteiger charge is -2.12. The van der Waals surface area contributed by atoms with Gasteiger partial charge in [-0.2, -0.15) is 0 Å². The smallest absolute Gasteiger partial charge is 0.191 e. The van der Waals surface area contributed by atoms with Crippen molar-refractivity contribution in [3.05, 3.63) is 5.82 Å². The fourth-order valence-electron chi connectivity index (χ4n) is 1.96. The van der Waals surface area contributed by atoms with Crippen LogP contribution in [0.5, 0.6) is 0 Å². The van der Waals surface area contributed by atoms with Gasteiger partial charge in [-0.1, -0.05) is 38.5 Å². The molecule has 1 aliphatic rings. The van der Waals surface area contributed by atoms with Gasteiger partial charge in [0.05, 0.1) is 6.54 Å². The minimum atomic E-state index is 0.495. The van der Waals surface area contributed by atoms with Crippen molar-refractivity contribution in [3.63, 3.8) is 0 Å². The molecular weight excluding hydrogens is 232 g/mol. The molecule has 5 heteroatoms. The molecule has 1 aliphatic carbocycles. The van der Waals surface area contributed by atoms with Crippen molar-refractivity contribution in [2.45, 2.75) is 57.3 Å². The summed E-state index contributed by atoms with van der Waals surface area (Å²) in [7, 11) is 0. The molecule has 1 aromatic rings. The van der Waals surface area contributed by atoms with E-state index in [1.165, 1.54) is 25.7 Å². The average Bonchev–Trinajstić information content (AvgIpc) is 3.11. The summed E-state index contributed by atoms with van der Waals surface area (Å²) in [4.78, 5) is 0. The van der Waals surface area contributed by atoms with Crippen LogP contribution in [0.1, 0.15) is 51.4 Å². The van der Waals surface area contributed by atoms with Gasteiger partial charge < -0.3 is 10.3 Å². The van der Waals surface area contributed by atoms with E-state index >= 15 is 0 Å². The Hall–Kier alpha value is -0.550. The summed E-state index contributed by atoms with van der Waals surface area (Å²) < 4.78 is 2.26. The standard InChI is InChI=1S/C12H22N4S/c1-3-9(4-2)8-17-12-15-14-11(7-13)16(12)10-5-6-10/h9-10H,3-8,13H2,1-2H3. The Kier molecular flexibility index (Phi) is 4.45. The van der Waals surface area contributed by atoms with Crippen LogP contribution in [0.25, 0.3) is 0 Å². The van der Waals surface area contributed by atoms with Crippen LogP contribution in [0.2, 0.25) is 0 Å². The second-order valence-electron chi connectivity index (χ2n) is 4.70. The van der Waals surface area contributed by atoms with Crippen LogP contribution in [-0.4, -0.2) is 20.5 Å². The zero-order valence-corrected chi connectivity index (χ0v) is 11.5. The van der Waals surface area contributed by atoms with Gasteiger partial charge in [0.2, 0.25) is 0 Å². The van der Waals surface area contributed by atoms with Crippen LogP contribution in [0.3, 0.4) is 0 Å². The predicted molar refractivity (Wildman–Crippen MR) is 71.0 cm³/mol. The number of hydrogen-bond donors (Lipinski definition) is 1. The van der Waals surface area contributed by atoms with Crippen molar-refractivity contribution in [1.82, 2.24) is 14.8 Å². The highest BCUT2D eigenvalue weighted by atomic mass is 32.2. The predicted octanol–water partition coefficient (Wildman–Crippen LogP) is 2.60. The molecule has 2 N–H and O–H groups in total. The monoisotopic (exact) mass is 254 g/mol. The van der Waals surface area contributed by atoms with E-state index in [0.29, 0.717) is 12.6 Å². The van der Waals surface area contributed by atoms with Crippen molar-refractivity contribution < 1.29 is 0 Å². The Morgan fingerprint density at radius 3 is 2.59 bits per heavy atom. The molecule has 1 fully saturated rings. The minimum Gasteiger partial charge on any atom is -0.324 e. The molecule has 1 aromatic heterocycles. The highest BCUT2D eigenvalue weighted by Crippen LogP contribution is 2.39. The third-order valence-electron chi connectivity index (χ3n) is 3.43. The number of nitrogens with two attached hydrogens (primary N) is 1. The van der Waals surface area contributed by atoms with Crippen LogP contribution < -0.4 is 5.73 Å². The first-order chi connectivity index (χ1) is 8.30. The summed E-state index contributed by atoms with van der Waals surface area (Å²) in [5, 5.41) is 9.55. The SMILES string of the molecule is CCC(CC)CSc1nnc(CN)n1C1CC1. The van der Waals surface area contributed by atoms with E-state index in [4.69, 9.17) is 5.73 Å². The van der Waals surface area contributed by atoms with Gasteiger partial charge >= 0.3 is 0 Å². The zero-order valence-electron chi connectivity index (χ0n) is 10.7. The largest absolute Gasteiger partial charge is 0.324 e. The molecule has 1 saturated carbocycles. The maximum atomic E-state index is 5.71. The molecule has 0 saturated heterocycles. The van der Waals surface area contributed by atoms with E-state index in [0.717, 1.165) is 22.7 Å². The van der Waals surface area contributed by atoms with Gasteiger partial charge in [0.1, 0.15) is 5.82 Å². The molecule has 0 aromatic carbocycles. The molecular formula is C12H22N4S. The lowest BCUT2D eigenvalue weighted by Crippen LogP contribution is -2.08. The first-order valence-corrected chi connectivity index (χ1v) is 7.55. The molecule has 0 radical (unpaired) electrons. The van der Waals surface area contributed by atoms with Crippen LogP contribution in [0.4, 0.5) is 0 Å². The second kappa shape index (κ2) is 5.87. The summed E-state index contributed by atoms with van der Waals surface area (Å²) in [6.07, 6.45) is 4.99. The molecule has 0 aliphatic heterocycles. The van der Waals surface area contributed by atoms with Gasteiger partial charge in [0.25, 0.3) is 0 Å². The van der Waals surface area contributed by atoms with E-state index in [9.17, 15) is 0 Å². The Morgan fingerprint density at radius 2 is 2.06 bits per heavy atom. The Labute approximate surface area is 107 Å². The molecule has 0 bridgehead atoms. The summed E-state index contributed by atoms with van der Waals surface area (Å²) in [6, 6.07) is 0.618. The molecule has 0 unspecified atom stereocenters. The van der Waals surface area contributed by atoms with Crippen molar-refractivity contribution >= 4 is 11.8 Å². The minimum absolute atomic E-state index is 0.495. The third-order valence-corrected chi connectivity index (χ3v) is 4.61. The van der Waals surface area contributed by atoms with Gasteiger partial charge in [-0.05, 0) is 18.8 Å². The van der Waals surface area contributed by atoms with E-state index in [1.54, 1.807) is 0 Å². The van der Waals surface area contributed by atoms with Crippen LogP contribution in [0, 0.1) is 5.92 Å². The fraction of sp³-hybridized carbons (Fsp3) is 0.833. The van der Waals surface area contributed by atoms with E-state index in [1.807, 2.05) is 11.8 Å². The van der Waals surface area contributed by atoms with Gasteiger partial charge in [-0.25, -0.2) is 0 Å². The topological polar surface area (TPSA) is 56.7 Å². The van der Waals surface area contributed by atoms with Gasteiger partial charge in [-0.3, -0.25) is 0 Å². The van der Waals surface area contributed by atoms with Crippen LogP contribution in [-0.2, 0) is 6.54 Å². The van der Waals surface area contributed by atoms with Crippen molar-refractivity contribution in [2.75, 3.05) is 5.75 Å². The number of nitrogens with zero attached hydrogens (tertiary/aromatic N) is 3. The zero-order chi connectivity index (χ0) is 12.3. The molecule has 4 nitrogen and oxygen atoms in total. The lowest BCUT2D eigenvalue weighted by molar-refractivity contribution is 0.551. The normalized spacial score (nSPS) is 15.8. The van der Waals surface area contributed by atoms with E-state index < -0.39 is 0 Å². The van der Waals surface area contributed by atoms with Crippen LogP contribution >= 0.6 is 11.8 Å². The van der Waals surface area contributed by atoms with Gasteiger partial charge in [0.15, 0.2) is 5.16 Å².